The molecule has 0 radical (unpaired) electrons. The molecule has 0 amide bonds. The van der Waals surface area contributed by atoms with E-state index in [-0.39, 0.29) is 11.5 Å². The summed E-state index contributed by atoms with van der Waals surface area (Å²) >= 11 is 0. The Kier molecular flexibility index (Phi) is 1.09. The van der Waals surface area contributed by atoms with E-state index in [0.29, 0.717) is 0 Å². The van der Waals surface area contributed by atoms with Crippen molar-refractivity contribution < 1.29 is 19.4 Å². The normalized spacial score (nSPS) is 27.3. The van der Waals surface area contributed by atoms with Crippen molar-refractivity contribution in [1.29, 1.82) is 0 Å². The molecular weight excluding hydrogens is 148 g/mol. The molecule has 0 N–H and O–H groups in total. The van der Waals surface area contributed by atoms with Crippen molar-refractivity contribution >= 4 is 11.8 Å². The van der Waals surface area contributed by atoms with Crippen molar-refractivity contribution in [1.82, 2.24) is 0 Å². The molecule has 0 aromatic rings. The average molecular weight is 152 g/mol. The lowest BCUT2D eigenvalue weighted by Crippen LogP contribution is -2.33. The number of ketones is 1. The lowest BCUT2D eigenvalue weighted by atomic mass is 9.98. The topological polar surface area (TPSA) is 52.6 Å². The van der Waals surface area contributed by atoms with Crippen molar-refractivity contribution in [2.24, 2.45) is 5.92 Å². The van der Waals surface area contributed by atoms with Crippen LogP contribution < -0.4 is 0 Å². The number of carbonyl (C=O) groups is 2. The molecule has 56 valence electrons. The average Bonchev–Trinajstić information content (AvgIpc) is 1.98. The first-order valence-corrected chi connectivity index (χ1v) is 3.10. The summed E-state index contributed by atoms with van der Waals surface area (Å²) in [6, 6.07) is 0. The van der Waals surface area contributed by atoms with Gasteiger partial charge in [0.25, 0.3) is 0 Å². The van der Waals surface area contributed by atoms with Crippen LogP contribution in [-0.4, -0.2) is 11.8 Å². The van der Waals surface area contributed by atoms with Gasteiger partial charge in [0.05, 0.1) is 0 Å². The second kappa shape index (κ2) is 1.95. The molecule has 0 aromatic carbocycles. The SMILES string of the molecule is O=C1OOC2=CC=CC1C2=O. The number of allylic oxidation sites excluding steroid dienone is 3. The van der Waals surface area contributed by atoms with Gasteiger partial charge < -0.3 is 0 Å². The lowest BCUT2D eigenvalue weighted by Gasteiger charge is -2.19. The van der Waals surface area contributed by atoms with Crippen LogP contribution in [0.2, 0.25) is 0 Å². The second-order valence-corrected chi connectivity index (χ2v) is 2.24. The van der Waals surface area contributed by atoms with Crippen LogP contribution in [0.4, 0.5) is 0 Å². The molecule has 2 rings (SSSR count). The van der Waals surface area contributed by atoms with Crippen molar-refractivity contribution in [3.05, 3.63) is 24.0 Å². The molecule has 2 bridgehead atoms. The third-order valence-electron chi connectivity index (χ3n) is 1.54. The number of rotatable bonds is 0. The highest BCUT2D eigenvalue weighted by atomic mass is 17.2. The molecule has 2 aliphatic rings. The molecule has 1 saturated heterocycles. The van der Waals surface area contributed by atoms with Crippen LogP contribution in [0.15, 0.2) is 24.0 Å². The van der Waals surface area contributed by atoms with Gasteiger partial charge in [0.15, 0.2) is 0 Å². The summed E-state index contributed by atoms with van der Waals surface area (Å²) in [5.41, 5.74) is 0. The van der Waals surface area contributed by atoms with Crippen molar-refractivity contribution in [3.63, 3.8) is 0 Å². The van der Waals surface area contributed by atoms with Crippen LogP contribution in [0, 0.1) is 5.92 Å². The van der Waals surface area contributed by atoms with Gasteiger partial charge in [-0.3, -0.25) is 9.68 Å². The monoisotopic (exact) mass is 152 g/mol. The van der Waals surface area contributed by atoms with Gasteiger partial charge in [0.2, 0.25) is 11.5 Å². The van der Waals surface area contributed by atoms with E-state index in [4.69, 9.17) is 0 Å². The molecule has 1 unspecified atom stereocenters. The van der Waals surface area contributed by atoms with Gasteiger partial charge in [0, 0.05) is 0 Å². The Morgan fingerprint density at radius 3 is 2.82 bits per heavy atom. The Morgan fingerprint density at radius 2 is 2.09 bits per heavy atom. The lowest BCUT2D eigenvalue weighted by molar-refractivity contribution is -0.258. The van der Waals surface area contributed by atoms with Crippen LogP contribution in [-0.2, 0) is 19.4 Å². The Morgan fingerprint density at radius 1 is 1.27 bits per heavy atom. The van der Waals surface area contributed by atoms with Gasteiger partial charge >= 0.3 is 5.97 Å². The quantitative estimate of drug-likeness (QED) is 0.365. The molecule has 0 aromatic heterocycles. The van der Waals surface area contributed by atoms with Crippen LogP contribution >= 0.6 is 0 Å². The summed E-state index contributed by atoms with van der Waals surface area (Å²) in [6.07, 6.45) is 4.55. The molecule has 1 fully saturated rings. The van der Waals surface area contributed by atoms with Crippen molar-refractivity contribution in [2.45, 2.75) is 0 Å². The zero-order valence-corrected chi connectivity index (χ0v) is 5.44. The second-order valence-electron chi connectivity index (χ2n) is 2.24. The summed E-state index contributed by atoms with van der Waals surface area (Å²) in [5.74, 6) is -1.67. The van der Waals surface area contributed by atoms with Crippen LogP contribution in [0.1, 0.15) is 0 Å². The summed E-state index contributed by atoms with van der Waals surface area (Å²) in [4.78, 5) is 30.5. The smallest absolute Gasteiger partial charge is 0.289 e. The van der Waals surface area contributed by atoms with E-state index in [1.807, 2.05) is 0 Å². The molecule has 1 atom stereocenters. The third kappa shape index (κ3) is 0.756. The minimum absolute atomic E-state index is 0.0945. The molecule has 1 aliphatic carbocycles. The minimum Gasteiger partial charge on any atom is -0.289 e. The highest BCUT2D eigenvalue weighted by Crippen LogP contribution is 2.22. The van der Waals surface area contributed by atoms with Gasteiger partial charge in [-0.1, -0.05) is 12.2 Å². The van der Waals surface area contributed by atoms with E-state index < -0.39 is 11.9 Å². The van der Waals surface area contributed by atoms with E-state index >= 15 is 0 Å². The number of fused-ring (bicyclic) bond motifs is 2. The molecule has 4 nitrogen and oxygen atoms in total. The molecular formula is C7H4O4. The van der Waals surface area contributed by atoms with Crippen LogP contribution in [0.5, 0.6) is 0 Å². The third-order valence-corrected chi connectivity index (χ3v) is 1.54. The molecule has 11 heavy (non-hydrogen) atoms. The maximum Gasteiger partial charge on any atom is 0.370 e. The predicted octanol–water partition coefficient (Wildman–Crippen LogP) is 0.114. The fraction of sp³-hybridized carbons (Fsp3) is 0.143. The zero-order valence-electron chi connectivity index (χ0n) is 5.44. The molecule has 0 saturated carbocycles. The first-order chi connectivity index (χ1) is 5.29. The Hall–Kier alpha value is -1.58. The number of hydrogen-bond donors (Lipinski definition) is 0. The van der Waals surface area contributed by atoms with Gasteiger partial charge in [-0.15, -0.1) is 0 Å². The van der Waals surface area contributed by atoms with E-state index in [9.17, 15) is 9.59 Å². The molecule has 1 heterocycles. The maximum atomic E-state index is 11.1. The van der Waals surface area contributed by atoms with E-state index in [1.54, 1.807) is 6.08 Å². The van der Waals surface area contributed by atoms with Crippen LogP contribution in [0.25, 0.3) is 0 Å². The van der Waals surface area contributed by atoms with Crippen molar-refractivity contribution in [3.8, 4) is 0 Å². The number of hydrogen-bond acceptors (Lipinski definition) is 4. The van der Waals surface area contributed by atoms with Gasteiger partial charge in [0.1, 0.15) is 5.92 Å². The summed E-state index contributed by atoms with van der Waals surface area (Å²) < 4.78 is 0. The Labute approximate surface area is 62.0 Å². The number of Topliss-reactive ketones (excluding diaryl/α,β-unsaturated/α-hetero) is 1. The largest absolute Gasteiger partial charge is 0.370 e. The summed E-state index contributed by atoms with van der Waals surface area (Å²) in [7, 11) is 0. The van der Waals surface area contributed by atoms with Gasteiger partial charge in [-0.25, -0.2) is 9.68 Å². The fourth-order valence-electron chi connectivity index (χ4n) is 0.969. The first kappa shape index (κ1) is 6.15. The van der Waals surface area contributed by atoms with Gasteiger partial charge in [-0.05, 0) is 6.08 Å². The Bertz CT molecular complexity index is 287. The van der Waals surface area contributed by atoms with Gasteiger partial charge in [-0.2, -0.15) is 0 Å². The predicted molar refractivity (Wildman–Crippen MR) is 32.9 cm³/mol. The summed E-state index contributed by atoms with van der Waals surface area (Å²) in [6.45, 7) is 0. The maximum absolute atomic E-state index is 11.1. The standard InChI is InChI=1S/C7H4O4/c8-6-4-2-1-3-5(6)10-11-7(4)9/h1-4H. The molecule has 1 aliphatic heterocycles. The molecule has 4 heteroatoms. The van der Waals surface area contributed by atoms with Crippen LogP contribution in [0.3, 0.4) is 0 Å². The minimum atomic E-state index is -0.788. The van der Waals surface area contributed by atoms with E-state index in [0.717, 1.165) is 0 Å². The van der Waals surface area contributed by atoms with E-state index in [2.05, 4.69) is 9.78 Å². The highest BCUT2D eigenvalue weighted by molar-refractivity contribution is 6.10. The summed E-state index contributed by atoms with van der Waals surface area (Å²) in [5, 5.41) is 0. The zero-order chi connectivity index (χ0) is 7.84. The fourth-order valence-corrected chi connectivity index (χ4v) is 0.969. The highest BCUT2D eigenvalue weighted by Gasteiger charge is 2.37. The first-order valence-electron chi connectivity index (χ1n) is 3.10. The Balaban J connectivity index is 2.43. The molecule has 0 spiro atoms. The van der Waals surface area contributed by atoms with E-state index in [1.165, 1.54) is 12.2 Å². The number of carbonyl (C=O) groups excluding carboxylic acids is 2. The van der Waals surface area contributed by atoms with Crippen molar-refractivity contribution in [2.75, 3.05) is 0 Å².